The molecule has 1 aliphatic heterocycles. The lowest BCUT2D eigenvalue weighted by molar-refractivity contribution is -0.121. The van der Waals surface area contributed by atoms with E-state index in [1.807, 2.05) is 19.1 Å². The maximum Gasteiger partial charge on any atom is 0.387 e. The second-order valence-electron chi connectivity index (χ2n) is 7.30. The van der Waals surface area contributed by atoms with Crippen molar-refractivity contribution >= 4 is 17.5 Å². The van der Waals surface area contributed by atoms with Crippen LogP contribution >= 0.6 is 0 Å². The summed E-state index contributed by atoms with van der Waals surface area (Å²) < 4.78 is 35.5. The van der Waals surface area contributed by atoms with Gasteiger partial charge in [0.1, 0.15) is 11.5 Å². The van der Waals surface area contributed by atoms with Gasteiger partial charge in [0.2, 0.25) is 5.91 Å². The number of nitrogens with zero attached hydrogens (tertiary/aromatic N) is 1. The largest absolute Gasteiger partial charge is 0.491 e. The van der Waals surface area contributed by atoms with E-state index in [0.717, 1.165) is 6.42 Å². The quantitative estimate of drug-likeness (QED) is 0.664. The van der Waals surface area contributed by atoms with Crippen LogP contribution in [-0.4, -0.2) is 43.0 Å². The summed E-state index contributed by atoms with van der Waals surface area (Å²) >= 11 is 0. The summed E-state index contributed by atoms with van der Waals surface area (Å²) in [5, 5.41) is 2.90. The van der Waals surface area contributed by atoms with Crippen molar-refractivity contribution in [3.05, 3.63) is 54.1 Å². The number of carbonyl (C=O) groups is 2. The Hall–Kier alpha value is -3.16. The molecule has 1 aliphatic rings. The molecular formula is C23H26F2N2O4. The Labute approximate surface area is 180 Å². The molecule has 0 radical (unpaired) electrons. The molecular weight excluding hydrogens is 406 g/mol. The molecule has 8 heteroatoms. The molecule has 3 rings (SSSR count). The Bertz CT molecular complexity index is 907. The van der Waals surface area contributed by atoms with E-state index in [1.54, 1.807) is 18.2 Å². The zero-order valence-corrected chi connectivity index (χ0v) is 17.4. The highest BCUT2D eigenvalue weighted by Crippen LogP contribution is 2.28. The average molecular weight is 432 g/mol. The third kappa shape index (κ3) is 5.93. The van der Waals surface area contributed by atoms with Crippen LogP contribution in [0.15, 0.2) is 48.5 Å². The first kappa shape index (κ1) is 22.5. The van der Waals surface area contributed by atoms with Crippen molar-refractivity contribution in [3.8, 4) is 11.5 Å². The van der Waals surface area contributed by atoms with E-state index in [-0.39, 0.29) is 23.8 Å². The number of nitrogens with one attached hydrogen (secondary N) is 1. The minimum absolute atomic E-state index is 0.0576. The van der Waals surface area contributed by atoms with Gasteiger partial charge in [0.05, 0.1) is 23.8 Å². The van der Waals surface area contributed by atoms with Crippen LogP contribution in [0.3, 0.4) is 0 Å². The molecule has 1 heterocycles. The van der Waals surface area contributed by atoms with Crippen molar-refractivity contribution in [3.63, 3.8) is 0 Å². The van der Waals surface area contributed by atoms with Gasteiger partial charge in [0.25, 0.3) is 5.91 Å². The Morgan fingerprint density at radius 3 is 2.58 bits per heavy atom. The van der Waals surface area contributed by atoms with Crippen molar-refractivity contribution in [1.29, 1.82) is 0 Å². The number of likely N-dealkylation sites (tertiary alicyclic amines) is 1. The topological polar surface area (TPSA) is 67.9 Å². The lowest BCUT2D eigenvalue weighted by Crippen LogP contribution is -2.44. The van der Waals surface area contributed by atoms with E-state index >= 15 is 0 Å². The van der Waals surface area contributed by atoms with Gasteiger partial charge in [0, 0.05) is 13.1 Å². The third-order valence-corrected chi connectivity index (χ3v) is 5.02. The molecule has 31 heavy (non-hydrogen) atoms. The zero-order chi connectivity index (χ0) is 22.2. The van der Waals surface area contributed by atoms with Crippen molar-refractivity contribution in [2.45, 2.75) is 32.8 Å². The number of piperidine rings is 1. The van der Waals surface area contributed by atoms with Crippen LogP contribution in [-0.2, 0) is 4.79 Å². The van der Waals surface area contributed by atoms with Gasteiger partial charge in [-0.3, -0.25) is 9.59 Å². The Morgan fingerprint density at radius 1 is 1.13 bits per heavy atom. The molecule has 0 aliphatic carbocycles. The zero-order valence-electron chi connectivity index (χ0n) is 17.4. The minimum atomic E-state index is -3.02. The van der Waals surface area contributed by atoms with Gasteiger partial charge >= 0.3 is 6.61 Å². The van der Waals surface area contributed by atoms with Gasteiger partial charge in [-0.25, -0.2) is 0 Å². The highest BCUT2D eigenvalue weighted by atomic mass is 19.3. The predicted molar refractivity (Wildman–Crippen MR) is 113 cm³/mol. The Balaban J connectivity index is 1.68. The van der Waals surface area contributed by atoms with Crippen LogP contribution < -0.4 is 14.8 Å². The number of rotatable bonds is 8. The van der Waals surface area contributed by atoms with Crippen molar-refractivity contribution < 1.29 is 27.8 Å². The summed E-state index contributed by atoms with van der Waals surface area (Å²) in [7, 11) is 0. The van der Waals surface area contributed by atoms with Crippen LogP contribution in [0.1, 0.15) is 36.5 Å². The van der Waals surface area contributed by atoms with E-state index in [1.165, 1.54) is 23.1 Å². The molecule has 166 valence electrons. The first-order valence-electron chi connectivity index (χ1n) is 10.4. The molecule has 1 N–H and O–H groups in total. The third-order valence-electron chi connectivity index (χ3n) is 5.02. The van der Waals surface area contributed by atoms with Crippen LogP contribution in [0.4, 0.5) is 14.5 Å². The number of alkyl halides is 2. The van der Waals surface area contributed by atoms with E-state index in [2.05, 4.69) is 10.1 Å². The summed E-state index contributed by atoms with van der Waals surface area (Å²) in [5.74, 6) is -0.627. The van der Waals surface area contributed by atoms with Crippen LogP contribution in [0, 0.1) is 5.92 Å². The molecule has 6 nitrogen and oxygen atoms in total. The Morgan fingerprint density at radius 2 is 1.84 bits per heavy atom. The second kappa shape index (κ2) is 10.7. The molecule has 1 atom stereocenters. The number of anilines is 1. The summed E-state index contributed by atoms with van der Waals surface area (Å²) in [4.78, 5) is 27.3. The van der Waals surface area contributed by atoms with Gasteiger partial charge < -0.3 is 19.7 Å². The van der Waals surface area contributed by atoms with E-state index in [4.69, 9.17) is 4.74 Å². The fourth-order valence-electron chi connectivity index (χ4n) is 3.53. The van der Waals surface area contributed by atoms with Crippen molar-refractivity contribution in [2.75, 3.05) is 25.0 Å². The van der Waals surface area contributed by atoms with Crippen LogP contribution in [0.5, 0.6) is 11.5 Å². The first-order valence-corrected chi connectivity index (χ1v) is 10.4. The molecule has 2 aromatic rings. The molecule has 0 aromatic heterocycles. The number of para-hydroxylation sites is 3. The van der Waals surface area contributed by atoms with Gasteiger partial charge in [-0.2, -0.15) is 8.78 Å². The van der Waals surface area contributed by atoms with Crippen molar-refractivity contribution in [2.24, 2.45) is 5.92 Å². The lowest BCUT2D eigenvalue weighted by Gasteiger charge is -2.32. The first-order chi connectivity index (χ1) is 15.0. The van der Waals surface area contributed by atoms with Crippen LogP contribution in [0.25, 0.3) is 0 Å². The number of amides is 2. The number of hydrogen-bond acceptors (Lipinski definition) is 4. The number of halogens is 2. The van der Waals surface area contributed by atoms with Gasteiger partial charge in [-0.15, -0.1) is 0 Å². The lowest BCUT2D eigenvalue weighted by atomic mass is 9.96. The molecule has 0 spiro atoms. The molecule has 2 amide bonds. The normalized spacial score (nSPS) is 16.1. The van der Waals surface area contributed by atoms with Crippen LogP contribution in [0.2, 0.25) is 0 Å². The summed E-state index contributed by atoms with van der Waals surface area (Å²) in [6.45, 7) is 0.162. The predicted octanol–water partition coefficient (Wildman–Crippen LogP) is 4.57. The van der Waals surface area contributed by atoms with Gasteiger partial charge in [-0.1, -0.05) is 31.2 Å². The number of ether oxygens (including phenoxy) is 2. The molecule has 1 fully saturated rings. The van der Waals surface area contributed by atoms with Gasteiger partial charge in [-0.05, 0) is 43.5 Å². The smallest absolute Gasteiger partial charge is 0.387 e. The maximum atomic E-state index is 13.0. The monoisotopic (exact) mass is 432 g/mol. The second-order valence-corrected chi connectivity index (χ2v) is 7.30. The fraction of sp³-hybridized carbons (Fsp3) is 0.391. The standard InChI is InChI=1S/C23H26F2N2O4/c1-2-14-30-20-12-6-4-10-18(20)26-21(28)16-8-7-13-27(15-16)22(29)17-9-3-5-11-19(17)31-23(24)25/h3-6,9-12,16,23H,2,7-8,13-15H2,1H3,(H,26,28). The summed E-state index contributed by atoms with van der Waals surface area (Å²) in [5.41, 5.74) is 0.641. The Kier molecular flexibility index (Phi) is 7.81. The summed E-state index contributed by atoms with van der Waals surface area (Å²) in [6.07, 6.45) is 2.11. The van der Waals surface area contributed by atoms with Gasteiger partial charge in [0.15, 0.2) is 0 Å². The number of hydrogen-bond donors (Lipinski definition) is 1. The average Bonchev–Trinajstić information content (AvgIpc) is 2.78. The molecule has 1 saturated heterocycles. The molecule has 2 aromatic carbocycles. The summed E-state index contributed by atoms with van der Waals surface area (Å²) in [6, 6.07) is 13.1. The van der Waals surface area contributed by atoms with E-state index < -0.39 is 18.4 Å². The van der Waals surface area contributed by atoms with E-state index in [0.29, 0.717) is 37.4 Å². The highest BCUT2D eigenvalue weighted by molar-refractivity contribution is 5.98. The number of benzene rings is 2. The van der Waals surface area contributed by atoms with E-state index in [9.17, 15) is 18.4 Å². The molecule has 0 saturated carbocycles. The molecule has 1 unspecified atom stereocenters. The van der Waals surface area contributed by atoms with Crippen molar-refractivity contribution in [1.82, 2.24) is 4.90 Å². The number of carbonyl (C=O) groups excluding carboxylic acids is 2. The highest BCUT2D eigenvalue weighted by Gasteiger charge is 2.30. The molecule has 0 bridgehead atoms. The maximum absolute atomic E-state index is 13.0. The fourth-order valence-corrected chi connectivity index (χ4v) is 3.53. The minimum Gasteiger partial charge on any atom is -0.491 e. The SMILES string of the molecule is CCCOc1ccccc1NC(=O)C1CCCN(C(=O)c2ccccc2OC(F)F)C1.